The zero-order valence-corrected chi connectivity index (χ0v) is 9.11. The van der Waals surface area contributed by atoms with E-state index in [1.807, 2.05) is 26.8 Å². The van der Waals surface area contributed by atoms with Gasteiger partial charge in [0.2, 0.25) is 5.95 Å². The predicted molar refractivity (Wildman–Crippen MR) is 56.9 cm³/mol. The molecule has 1 heterocycles. The summed E-state index contributed by atoms with van der Waals surface area (Å²) in [5.41, 5.74) is 0.813. The van der Waals surface area contributed by atoms with Gasteiger partial charge in [-0.3, -0.25) is 4.79 Å². The lowest BCUT2D eigenvalue weighted by Crippen LogP contribution is -2.18. The molecule has 5 heteroatoms. The first-order valence-corrected chi connectivity index (χ1v) is 4.69. The average Bonchev–Trinajstić information content (AvgIpc) is 2.14. The van der Waals surface area contributed by atoms with Crippen molar-refractivity contribution in [2.24, 2.45) is 0 Å². The maximum absolute atomic E-state index is 10.3. The van der Waals surface area contributed by atoms with Crippen LogP contribution in [0.2, 0.25) is 0 Å². The lowest BCUT2D eigenvalue weighted by atomic mass is 9.92. The van der Waals surface area contributed by atoms with Gasteiger partial charge in [0, 0.05) is 11.6 Å². The molecule has 0 aliphatic carbocycles. The molecule has 0 spiro atoms. The fourth-order valence-electron chi connectivity index (χ4n) is 1.02. The van der Waals surface area contributed by atoms with Crippen LogP contribution in [0.15, 0.2) is 12.3 Å². The van der Waals surface area contributed by atoms with Crippen LogP contribution < -0.4 is 5.32 Å². The van der Waals surface area contributed by atoms with Crippen LogP contribution >= 0.6 is 0 Å². The van der Waals surface area contributed by atoms with Crippen LogP contribution in [0.3, 0.4) is 0 Å². The van der Waals surface area contributed by atoms with Gasteiger partial charge in [-0.15, -0.1) is 0 Å². The molecular weight excluding hydrogens is 194 g/mol. The highest BCUT2D eigenvalue weighted by Gasteiger charge is 2.15. The van der Waals surface area contributed by atoms with Crippen LogP contribution in [-0.4, -0.2) is 27.6 Å². The minimum absolute atomic E-state index is 0.0669. The highest BCUT2D eigenvalue weighted by molar-refractivity contribution is 5.71. The summed E-state index contributed by atoms with van der Waals surface area (Å²) in [6.45, 7) is 5.94. The van der Waals surface area contributed by atoms with E-state index in [0.29, 0.717) is 5.95 Å². The summed E-state index contributed by atoms with van der Waals surface area (Å²) in [6, 6.07) is 1.83. The largest absolute Gasteiger partial charge is 0.480 e. The van der Waals surface area contributed by atoms with E-state index < -0.39 is 5.97 Å². The van der Waals surface area contributed by atoms with Crippen molar-refractivity contribution >= 4 is 11.9 Å². The van der Waals surface area contributed by atoms with Crippen molar-refractivity contribution in [3.8, 4) is 0 Å². The van der Waals surface area contributed by atoms with Crippen LogP contribution in [-0.2, 0) is 10.2 Å². The average molecular weight is 209 g/mol. The third-order valence-electron chi connectivity index (χ3n) is 1.82. The van der Waals surface area contributed by atoms with E-state index in [1.165, 1.54) is 0 Å². The van der Waals surface area contributed by atoms with Gasteiger partial charge in [0.05, 0.1) is 5.69 Å². The molecule has 0 aliphatic heterocycles. The number of rotatable bonds is 3. The standard InChI is InChI=1S/C10H15N3O2/c1-10(2,3)7-4-5-11-9(13-7)12-6-8(14)15/h4-5H,6H2,1-3H3,(H,14,15)(H,11,12,13). The summed E-state index contributed by atoms with van der Waals surface area (Å²) >= 11 is 0. The van der Waals surface area contributed by atoms with E-state index in [0.717, 1.165) is 5.69 Å². The highest BCUT2D eigenvalue weighted by Crippen LogP contribution is 2.19. The molecule has 1 rings (SSSR count). The zero-order chi connectivity index (χ0) is 11.5. The summed E-state index contributed by atoms with van der Waals surface area (Å²) < 4.78 is 0. The number of carboxylic acids is 1. The van der Waals surface area contributed by atoms with Gasteiger partial charge in [0.25, 0.3) is 0 Å². The summed E-state index contributed by atoms with van der Waals surface area (Å²) in [5.74, 6) is -0.579. The molecule has 0 saturated carbocycles. The number of aliphatic carboxylic acids is 1. The second-order valence-corrected chi connectivity index (χ2v) is 4.26. The Morgan fingerprint density at radius 2 is 2.20 bits per heavy atom. The number of nitrogens with zero attached hydrogens (tertiary/aromatic N) is 2. The van der Waals surface area contributed by atoms with Crippen molar-refractivity contribution in [3.63, 3.8) is 0 Å². The molecule has 2 N–H and O–H groups in total. The van der Waals surface area contributed by atoms with Gasteiger partial charge in [0.15, 0.2) is 0 Å². The van der Waals surface area contributed by atoms with Gasteiger partial charge in [-0.05, 0) is 6.07 Å². The predicted octanol–water partition coefficient (Wildman–Crippen LogP) is 1.27. The Kier molecular flexibility index (Phi) is 3.24. The van der Waals surface area contributed by atoms with Crippen molar-refractivity contribution in [1.82, 2.24) is 9.97 Å². The van der Waals surface area contributed by atoms with Gasteiger partial charge < -0.3 is 10.4 Å². The molecule has 5 nitrogen and oxygen atoms in total. The second-order valence-electron chi connectivity index (χ2n) is 4.26. The Morgan fingerprint density at radius 3 is 2.73 bits per heavy atom. The van der Waals surface area contributed by atoms with Gasteiger partial charge in [-0.2, -0.15) is 0 Å². The van der Waals surface area contributed by atoms with Crippen LogP contribution in [0.5, 0.6) is 0 Å². The van der Waals surface area contributed by atoms with Crippen LogP contribution in [0, 0.1) is 0 Å². The lowest BCUT2D eigenvalue weighted by Gasteiger charge is -2.17. The third kappa shape index (κ3) is 3.53. The van der Waals surface area contributed by atoms with E-state index >= 15 is 0 Å². The Balaban J connectivity index is 2.79. The lowest BCUT2D eigenvalue weighted by molar-refractivity contribution is -0.134. The Bertz CT molecular complexity index is 358. The van der Waals surface area contributed by atoms with E-state index in [9.17, 15) is 4.79 Å². The topological polar surface area (TPSA) is 75.1 Å². The number of hydrogen-bond donors (Lipinski definition) is 2. The van der Waals surface area contributed by atoms with E-state index in [4.69, 9.17) is 5.11 Å². The van der Waals surface area contributed by atoms with E-state index in [2.05, 4.69) is 15.3 Å². The molecule has 0 unspecified atom stereocenters. The molecule has 0 amide bonds. The monoisotopic (exact) mass is 209 g/mol. The Morgan fingerprint density at radius 1 is 1.53 bits per heavy atom. The molecular formula is C10H15N3O2. The van der Waals surface area contributed by atoms with E-state index in [1.54, 1.807) is 6.20 Å². The van der Waals surface area contributed by atoms with Gasteiger partial charge in [-0.25, -0.2) is 9.97 Å². The fraction of sp³-hybridized carbons (Fsp3) is 0.500. The first kappa shape index (κ1) is 11.4. The molecule has 0 fully saturated rings. The molecule has 82 valence electrons. The number of hydrogen-bond acceptors (Lipinski definition) is 4. The van der Waals surface area contributed by atoms with Crippen molar-refractivity contribution < 1.29 is 9.90 Å². The number of nitrogens with one attached hydrogen (secondary N) is 1. The Hall–Kier alpha value is -1.65. The van der Waals surface area contributed by atoms with Gasteiger partial charge >= 0.3 is 5.97 Å². The molecule has 0 bridgehead atoms. The van der Waals surface area contributed by atoms with Crippen molar-refractivity contribution in [2.45, 2.75) is 26.2 Å². The Labute approximate surface area is 88.6 Å². The zero-order valence-electron chi connectivity index (χ0n) is 9.11. The first-order valence-electron chi connectivity index (χ1n) is 4.69. The third-order valence-corrected chi connectivity index (χ3v) is 1.82. The minimum Gasteiger partial charge on any atom is -0.480 e. The number of anilines is 1. The summed E-state index contributed by atoms with van der Waals surface area (Å²) in [7, 11) is 0. The molecule has 0 saturated heterocycles. The second kappa shape index (κ2) is 4.25. The quantitative estimate of drug-likeness (QED) is 0.784. The number of carboxylic acid groups (broad SMARTS) is 1. The summed E-state index contributed by atoms with van der Waals surface area (Å²) in [5, 5.41) is 11.1. The van der Waals surface area contributed by atoms with Crippen LogP contribution in [0.4, 0.5) is 5.95 Å². The normalized spacial score (nSPS) is 11.1. The number of carbonyl (C=O) groups is 1. The van der Waals surface area contributed by atoms with Crippen LogP contribution in [0.1, 0.15) is 26.5 Å². The summed E-state index contributed by atoms with van der Waals surface area (Å²) in [6.07, 6.45) is 1.62. The SMILES string of the molecule is CC(C)(C)c1ccnc(NCC(=O)O)n1. The van der Waals surface area contributed by atoms with Gasteiger partial charge in [-0.1, -0.05) is 20.8 Å². The molecule has 0 aliphatic rings. The fourth-order valence-corrected chi connectivity index (χ4v) is 1.02. The van der Waals surface area contributed by atoms with Crippen molar-refractivity contribution in [1.29, 1.82) is 0 Å². The van der Waals surface area contributed by atoms with Crippen LogP contribution in [0.25, 0.3) is 0 Å². The minimum atomic E-state index is -0.931. The summed E-state index contributed by atoms with van der Waals surface area (Å²) in [4.78, 5) is 18.5. The molecule has 15 heavy (non-hydrogen) atoms. The van der Waals surface area contributed by atoms with Gasteiger partial charge in [0.1, 0.15) is 6.54 Å². The molecule has 0 atom stereocenters. The maximum Gasteiger partial charge on any atom is 0.322 e. The maximum atomic E-state index is 10.3. The highest BCUT2D eigenvalue weighted by atomic mass is 16.4. The first-order chi connectivity index (χ1) is 6.89. The molecule has 0 aromatic carbocycles. The van der Waals surface area contributed by atoms with Crippen molar-refractivity contribution in [3.05, 3.63) is 18.0 Å². The molecule has 0 radical (unpaired) electrons. The smallest absolute Gasteiger partial charge is 0.322 e. The molecule has 1 aromatic heterocycles. The molecule has 1 aromatic rings. The van der Waals surface area contributed by atoms with E-state index in [-0.39, 0.29) is 12.0 Å². The van der Waals surface area contributed by atoms with Crippen molar-refractivity contribution in [2.75, 3.05) is 11.9 Å². The number of aromatic nitrogens is 2.